The monoisotopic (exact) mass is 463 g/mol. The number of fused-ring (bicyclic) bond motifs is 1. The van der Waals surface area contributed by atoms with Crippen molar-refractivity contribution in [2.45, 2.75) is 12.5 Å². The van der Waals surface area contributed by atoms with Crippen molar-refractivity contribution in [1.29, 1.82) is 0 Å². The normalized spacial score (nSPS) is 11.7. The Labute approximate surface area is 193 Å². The van der Waals surface area contributed by atoms with E-state index in [-0.39, 0.29) is 28.4 Å². The van der Waals surface area contributed by atoms with Crippen molar-refractivity contribution in [1.82, 2.24) is 10.3 Å². The first-order valence-electron chi connectivity index (χ1n) is 9.99. The van der Waals surface area contributed by atoms with E-state index in [1.165, 1.54) is 24.3 Å². The van der Waals surface area contributed by atoms with Gasteiger partial charge in [0.2, 0.25) is 0 Å². The van der Waals surface area contributed by atoms with Gasteiger partial charge in [-0.1, -0.05) is 41.9 Å². The number of halogens is 1. The number of esters is 1. The lowest BCUT2D eigenvalue weighted by atomic mass is 10.0. The number of hydrogen-bond acceptors (Lipinski definition) is 5. The molecule has 4 aromatic rings. The Morgan fingerprint density at radius 2 is 1.73 bits per heavy atom. The van der Waals surface area contributed by atoms with E-state index in [4.69, 9.17) is 16.3 Å². The van der Waals surface area contributed by atoms with Gasteiger partial charge < -0.3 is 15.0 Å². The third kappa shape index (κ3) is 5.02. The second kappa shape index (κ2) is 9.54. The molecule has 0 unspecified atom stereocenters. The highest BCUT2D eigenvalue weighted by molar-refractivity contribution is 6.33. The molecule has 3 aromatic carbocycles. The molecular weight excluding hydrogens is 446 g/mol. The zero-order chi connectivity index (χ0) is 23.4. The molecule has 0 aliphatic rings. The van der Waals surface area contributed by atoms with Crippen LogP contribution in [0.4, 0.5) is 5.69 Å². The van der Waals surface area contributed by atoms with Crippen LogP contribution >= 0.6 is 11.6 Å². The molecule has 0 aliphatic carbocycles. The number of nitro groups is 1. The standard InChI is InChI=1S/C24H18ClN3O5/c25-20-7-3-1-6-19(20)23(29)27-22(13-15-14-26-21-8-4-2-5-18(15)21)24(30)33-17-11-9-16(10-12-17)28(31)32/h1-12,14,22,26H,13H2,(H,27,29)/t22-/m0/s1. The number of aromatic amines is 1. The first-order valence-corrected chi connectivity index (χ1v) is 10.4. The molecule has 1 atom stereocenters. The topological polar surface area (TPSA) is 114 Å². The average molecular weight is 464 g/mol. The number of H-pyrrole nitrogens is 1. The number of ether oxygens (including phenoxy) is 1. The Morgan fingerprint density at radius 3 is 2.45 bits per heavy atom. The largest absolute Gasteiger partial charge is 0.425 e. The van der Waals surface area contributed by atoms with Crippen molar-refractivity contribution in [2.75, 3.05) is 0 Å². The highest BCUT2D eigenvalue weighted by Crippen LogP contribution is 2.22. The van der Waals surface area contributed by atoms with Crippen LogP contribution in [0.1, 0.15) is 15.9 Å². The van der Waals surface area contributed by atoms with Crippen molar-refractivity contribution in [3.63, 3.8) is 0 Å². The SMILES string of the molecule is O=C(N[C@@H](Cc1c[nH]c2ccccc12)C(=O)Oc1ccc([N+](=O)[O-])cc1)c1ccccc1Cl. The lowest BCUT2D eigenvalue weighted by molar-refractivity contribution is -0.384. The molecule has 4 rings (SSSR count). The molecule has 1 heterocycles. The van der Waals surface area contributed by atoms with E-state index in [9.17, 15) is 19.7 Å². The van der Waals surface area contributed by atoms with Crippen LogP contribution in [-0.2, 0) is 11.2 Å². The van der Waals surface area contributed by atoms with Crippen LogP contribution in [0.5, 0.6) is 5.75 Å². The Bertz CT molecular complexity index is 1330. The second-order valence-corrected chi connectivity index (χ2v) is 7.65. The number of nitro benzene ring substituents is 1. The van der Waals surface area contributed by atoms with Gasteiger partial charge in [-0.25, -0.2) is 4.79 Å². The van der Waals surface area contributed by atoms with Crippen molar-refractivity contribution < 1.29 is 19.2 Å². The molecule has 33 heavy (non-hydrogen) atoms. The number of nitrogens with one attached hydrogen (secondary N) is 2. The summed E-state index contributed by atoms with van der Waals surface area (Å²) in [6.45, 7) is 0. The van der Waals surface area contributed by atoms with Gasteiger partial charge >= 0.3 is 5.97 Å². The molecule has 0 aliphatic heterocycles. The van der Waals surface area contributed by atoms with Crippen LogP contribution in [0.3, 0.4) is 0 Å². The highest BCUT2D eigenvalue weighted by atomic mass is 35.5. The molecule has 0 saturated heterocycles. The van der Waals surface area contributed by atoms with Gasteiger partial charge in [0.25, 0.3) is 11.6 Å². The van der Waals surface area contributed by atoms with Crippen LogP contribution < -0.4 is 10.1 Å². The number of hydrogen-bond donors (Lipinski definition) is 2. The van der Waals surface area contributed by atoms with E-state index in [0.29, 0.717) is 0 Å². The zero-order valence-corrected chi connectivity index (χ0v) is 17.9. The van der Waals surface area contributed by atoms with Crippen molar-refractivity contribution in [3.05, 3.63) is 105 Å². The number of carbonyl (C=O) groups is 2. The summed E-state index contributed by atoms with van der Waals surface area (Å²) < 4.78 is 5.42. The summed E-state index contributed by atoms with van der Waals surface area (Å²) in [6, 6.07) is 18.2. The molecule has 166 valence electrons. The first kappa shape index (κ1) is 22.0. The lowest BCUT2D eigenvalue weighted by Gasteiger charge is -2.18. The quantitative estimate of drug-likeness (QED) is 0.179. The molecule has 1 aromatic heterocycles. The van der Waals surface area contributed by atoms with Gasteiger partial charge in [0, 0.05) is 35.7 Å². The average Bonchev–Trinajstić information content (AvgIpc) is 3.22. The van der Waals surface area contributed by atoms with E-state index >= 15 is 0 Å². The van der Waals surface area contributed by atoms with E-state index in [0.717, 1.165) is 16.5 Å². The van der Waals surface area contributed by atoms with Crippen LogP contribution in [-0.4, -0.2) is 27.8 Å². The highest BCUT2D eigenvalue weighted by Gasteiger charge is 2.26. The van der Waals surface area contributed by atoms with Gasteiger partial charge in [0.15, 0.2) is 0 Å². The lowest BCUT2D eigenvalue weighted by Crippen LogP contribution is -2.44. The molecule has 0 spiro atoms. The van der Waals surface area contributed by atoms with Crippen molar-refractivity contribution in [2.24, 2.45) is 0 Å². The van der Waals surface area contributed by atoms with Gasteiger partial charge in [-0.15, -0.1) is 0 Å². The minimum atomic E-state index is -1.04. The fourth-order valence-corrected chi connectivity index (χ4v) is 3.64. The summed E-state index contributed by atoms with van der Waals surface area (Å²) >= 11 is 6.14. The van der Waals surface area contributed by atoms with Crippen molar-refractivity contribution in [3.8, 4) is 5.75 Å². The molecule has 8 nitrogen and oxygen atoms in total. The summed E-state index contributed by atoms with van der Waals surface area (Å²) in [6.07, 6.45) is 1.94. The van der Waals surface area contributed by atoms with Crippen LogP contribution in [0, 0.1) is 10.1 Å². The molecular formula is C24H18ClN3O5. The van der Waals surface area contributed by atoms with E-state index in [2.05, 4.69) is 10.3 Å². The number of nitrogens with zero attached hydrogens (tertiary/aromatic N) is 1. The molecule has 0 saturated carbocycles. The number of aromatic nitrogens is 1. The molecule has 0 bridgehead atoms. The van der Waals surface area contributed by atoms with Gasteiger partial charge in [-0.3, -0.25) is 14.9 Å². The Balaban J connectivity index is 1.59. The smallest absolute Gasteiger partial charge is 0.334 e. The van der Waals surface area contributed by atoms with Gasteiger partial charge in [0.05, 0.1) is 15.5 Å². The maximum Gasteiger partial charge on any atom is 0.334 e. The number of rotatable bonds is 7. The second-order valence-electron chi connectivity index (χ2n) is 7.24. The Hall–Kier alpha value is -4.17. The summed E-state index contributed by atoms with van der Waals surface area (Å²) in [4.78, 5) is 39.3. The Kier molecular flexibility index (Phi) is 6.37. The number of amides is 1. The summed E-state index contributed by atoms with van der Waals surface area (Å²) in [5, 5.41) is 14.7. The predicted molar refractivity (Wildman–Crippen MR) is 123 cm³/mol. The molecule has 0 radical (unpaired) electrons. The maximum absolute atomic E-state index is 13.0. The number of benzene rings is 3. The van der Waals surface area contributed by atoms with Gasteiger partial charge in [-0.05, 0) is 35.9 Å². The number of carbonyl (C=O) groups excluding carboxylic acids is 2. The third-order valence-corrected chi connectivity index (χ3v) is 5.40. The van der Waals surface area contributed by atoms with Crippen LogP contribution in [0.15, 0.2) is 79.0 Å². The summed E-state index contributed by atoms with van der Waals surface area (Å²) in [5.41, 5.74) is 1.81. The number of non-ortho nitro benzene ring substituents is 1. The fourth-order valence-electron chi connectivity index (χ4n) is 3.42. The van der Waals surface area contributed by atoms with E-state index in [1.807, 2.05) is 24.3 Å². The molecule has 0 fully saturated rings. The van der Waals surface area contributed by atoms with Crippen LogP contribution in [0.2, 0.25) is 5.02 Å². The fraction of sp³-hybridized carbons (Fsp3) is 0.0833. The first-order chi connectivity index (χ1) is 15.9. The van der Waals surface area contributed by atoms with E-state index < -0.39 is 22.8 Å². The Morgan fingerprint density at radius 1 is 1.03 bits per heavy atom. The van der Waals surface area contributed by atoms with Gasteiger partial charge in [0.1, 0.15) is 11.8 Å². The molecule has 2 N–H and O–H groups in total. The summed E-state index contributed by atoms with van der Waals surface area (Å²) in [5.74, 6) is -1.11. The minimum absolute atomic E-state index is 0.126. The predicted octanol–water partition coefficient (Wildman–Crippen LogP) is 4.68. The number of para-hydroxylation sites is 1. The zero-order valence-electron chi connectivity index (χ0n) is 17.2. The minimum Gasteiger partial charge on any atom is -0.425 e. The van der Waals surface area contributed by atoms with Crippen molar-refractivity contribution >= 4 is 40.1 Å². The summed E-state index contributed by atoms with van der Waals surface area (Å²) in [7, 11) is 0. The van der Waals surface area contributed by atoms with Gasteiger partial charge in [-0.2, -0.15) is 0 Å². The molecule has 9 heteroatoms. The molecule has 1 amide bonds. The maximum atomic E-state index is 13.0. The third-order valence-electron chi connectivity index (χ3n) is 5.07. The van der Waals surface area contributed by atoms with E-state index in [1.54, 1.807) is 30.5 Å². The van der Waals surface area contributed by atoms with Crippen LogP contribution in [0.25, 0.3) is 10.9 Å².